The summed E-state index contributed by atoms with van der Waals surface area (Å²) in [7, 11) is 0. The maximum absolute atomic E-state index is 13.9. The summed E-state index contributed by atoms with van der Waals surface area (Å²) >= 11 is 0. The van der Waals surface area contributed by atoms with Gasteiger partial charge in [-0.2, -0.15) is 5.26 Å². The van der Waals surface area contributed by atoms with Crippen molar-refractivity contribution in [3.8, 4) is 6.07 Å². The van der Waals surface area contributed by atoms with Gasteiger partial charge in [0.2, 0.25) is 0 Å². The molecule has 0 unspecified atom stereocenters. The van der Waals surface area contributed by atoms with Gasteiger partial charge in [-0.25, -0.2) is 9.18 Å². The molecule has 0 bridgehead atoms. The molecule has 0 aromatic heterocycles. The zero-order chi connectivity index (χ0) is 17.7. The fraction of sp³-hybridized carbons (Fsp3) is 0.556. The van der Waals surface area contributed by atoms with E-state index in [1.165, 1.54) is 6.07 Å². The molecule has 1 aromatic carbocycles. The molecule has 1 fully saturated rings. The van der Waals surface area contributed by atoms with Gasteiger partial charge in [0, 0.05) is 31.2 Å². The summed E-state index contributed by atoms with van der Waals surface area (Å²) in [5.41, 5.74) is 0.418. The molecule has 6 heteroatoms. The van der Waals surface area contributed by atoms with Gasteiger partial charge in [0.1, 0.15) is 11.4 Å². The predicted molar refractivity (Wildman–Crippen MR) is 88.8 cm³/mol. The van der Waals surface area contributed by atoms with Gasteiger partial charge >= 0.3 is 6.09 Å². The largest absolute Gasteiger partial charge is 0.444 e. The highest BCUT2D eigenvalue weighted by molar-refractivity contribution is 5.68. The van der Waals surface area contributed by atoms with Crippen LogP contribution in [0.4, 0.5) is 9.18 Å². The third-order valence-electron chi connectivity index (χ3n) is 3.88. The zero-order valence-electron chi connectivity index (χ0n) is 14.4. The van der Waals surface area contributed by atoms with Crippen molar-refractivity contribution in [3.63, 3.8) is 0 Å². The van der Waals surface area contributed by atoms with E-state index in [0.29, 0.717) is 17.7 Å². The second-order valence-corrected chi connectivity index (χ2v) is 7.11. The zero-order valence-corrected chi connectivity index (χ0v) is 14.4. The van der Waals surface area contributed by atoms with Gasteiger partial charge in [0.05, 0.1) is 11.6 Å². The Morgan fingerprint density at radius 1 is 1.42 bits per heavy atom. The quantitative estimate of drug-likeness (QED) is 0.922. The smallest absolute Gasteiger partial charge is 0.407 e. The number of carbonyl (C=O) groups excluding carboxylic acids is 1. The summed E-state index contributed by atoms with van der Waals surface area (Å²) in [6.07, 6.45) is 1.22. The molecule has 24 heavy (non-hydrogen) atoms. The van der Waals surface area contributed by atoms with Crippen molar-refractivity contribution < 1.29 is 13.9 Å². The Morgan fingerprint density at radius 3 is 2.62 bits per heavy atom. The van der Waals surface area contributed by atoms with Crippen LogP contribution < -0.4 is 5.32 Å². The fourth-order valence-corrected chi connectivity index (χ4v) is 2.70. The number of nitrogens with one attached hydrogen (secondary N) is 1. The fourth-order valence-electron chi connectivity index (χ4n) is 2.70. The van der Waals surface area contributed by atoms with Crippen molar-refractivity contribution in [1.29, 1.82) is 5.26 Å². The SMILES string of the molecule is CC(C)(C)OC(=O)NC1CCN(Cc2ccc(C#N)cc2F)CC1. The van der Waals surface area contributed by atoms with Gasteiger partial charge in [-0.1, -0.05) is 6.07 Å². The third-order valence-corrected chi connectivity index (χ3v) is 3.88. The number of rotatable bonds is 3. The van der Waals surface area contributed by atoms with E-state index >= 15 is 0 Å². The number of piperidine rings is 1. The number of carbonyl (C=O) groups is 1. The van der Waals surface area contributed by atoms with Gasteiger partial charge in [0.25, 0.3) is 0 Å². The average Bonchev–Trinajstić information content (AvgIpc) is 2.49. The number of nitrogens with zero attached hydrogens (tertiary/aromatic N) is 2. The van der Waals surface area contributed by atoms with Crippen LogP contribution in [0.1, 0.15) is 44.7 Å². The standard InChI is InChI=1S/C18H24FN3O2/c1-18(2,3)24-17(23)21-15-6-8-22(9-7-15)12-14-5-4-13(11-20)10-16(14)19/h4-5,10,15H,6-9,12H2,1-3H3,(H,21,23). The van der Waals surface area contributed by atoms with E-state index < -0.39 is 5.60 Å². The first-order valence-electron chi connectivity index (χ1n) is 8.17. The van der Waals surface area contributed by atoms with Crippen LogP contribution in [-0.4, -0.2) is 35.7 Å². The Kier molecular flexibility index (Phi) is 5.79. The molecule has 5 nitrogen and oxygen atoms in total. The van der Waals surface area contributed by atoms with E-state index in [-0.39, 0.29) is 18.0 Å². The lowest BCUT2D eigenvalue weighted by Crippen LogP contribution is -2.45. The number of hydrogen-bond donors (Lipinski definition) is 1. The van der Waals surface area contributed by atoms with E-state index in [1.54, 1.807) is 12.1 Å². The molecular formula is C18H24FN3O2. The Morgan fingerprint density at radius 2 is 2.08 bits per heavy atom. The normalized spacial score (nSPS) is 16.5. The van der Waals surface area contributed by atoms with Crippen LogP contribution in [0.25, 0.3) is 0 Å². The van der Waals surface area contributed by atoms with Crippen molar-refractivity contribution in [2.24, 2.45) is 0 Å². The molecule has 1 amide bonds. The van der Waals surface area contributed by atoms with Gasteiger partial charge in [0.15, 0.2) is 0 Å². The average molecular weight is 333 g/mol. The lowest BCUT2D eigenvalue weighted by atomic mass is 10.0. The van der Waals surface area contributed by atoms with Crippen LogP contribution in [0.2, 0.25) is 0 Å². The number of nitriles is 1. The third kappa shape index (κ3) is 5.50. The first kappa shape index (κ1) is 18.2. The van der Waals surface area contributed by atoms with Crippen LogP contribution in [0.3, 0.4) is 0 Å². The Labute approximate surface area is 142 Å². The lowest BCUT2D eigenvalue weighted by Gasteiger charge is -2.32. The summed E-state index contributed by atoms with van der Waals surface area (Å²) < 4.78 is 19.2. The molecular weight excluding hydrogens is 309 g/mol. The van der Waals surface area contributed by atoms with Crippen LogP contribution >= 0.6 is 0 Å². The molecule has 0 radical (unpaired) electrons. The number of alkyl carbamates (subject to hydrolysis) is 1. The Hall–Kier alpha value is -2.13. The molecule has 1 aliphatic rings. The van der Waals surface area contributed by atoms with Crippen LogP contribution in [-0.2, 0) is 11.3 Å². The summed E-state index contributed by atoms with van der Waals surface area (Å²) in [5.74, 6) is -0.344. The van der Waals surface area contributed by atoms with E-state index in [2.05, 4.69) is 10.2 Å². The van der Waals surface area contributed by atoms with Gasteiger partial charge < -0.3 is 10.1 Å². The highest BCUT2D eigenvalue weighted by Crippen LogP contribution is 2.17. The van der Waals surface area contributed by atoms with Crippen molar-refractivity contribution in [3.05, 3.63) is 35.1 Å². The predicted octanol–water partition coefficient (Wildman–Crippen LogP) is 3.19. The molecule has 1 aliphatic heterocycles. The number of benzene rings is 1. The number of halogens is 1. The molecule has 2 rings (SSSR count). The first-order chi connectivity index (χ1) is 11.3. The topological polar surface area (TPSA) is 65.4 Å². The van der Waals surface area contributed by atoms with Crippen LogP contribution in [0, 0.1) is 17.1 Å². The van der Waals surface area contributed by atoms with Crippen LogP contribution in [0.15, 0.2) is 18.2 Å². The second-order valence-electron chi connectivity index (χ2n) is 7.11. The molecule has 1 aromatic rings. The molecule has 1 saturated heterocycles. The van der Waals surface area contributed by atoms with Crippen molar-refractivity contribution in [2.45, 2.75) is 51.8 Å². The molecule has 130 valence electrons. The Bertz CT molecular complexity index is 626. The lowest BCUT2D eigenvalue weighted by molar-refractivity contribution is 0.0477. The maximum atomic E-state index is 13.9. The summed E-state index contributed by atoms with van der Waals surface area (Å²) in [6, 6.07) is 6.59. The molecule has 0 saturated carbocycles. The number of amides is 1. The minimum Gasteiger partial charge on any atom is -0.444 e. The first-order valence-corrected chi connectivity index (χ1v) is 8.17. The highest BCUT2D eigenvalue weighted by atomic mass is 19.1. The number of likely N-dealkylation sites (tertiary alicyclic amines) is 1. The monoisotopic (exact) mass is 333 g/mol. The molecule has 0 aliphatic carbocycles. The van der Waals surface area contributed by atoms with Gasteiger partial charge in [-0.05, 0) is 45.7 Å². The summed E-state index contributed by atoms with van der Waals surface area (Å²) in [4.78, 5) is 13.9. The highest BCUT2D eigenvalue weighted by Gasteiger charge is 2.24. The summed E-state index contributed by atoms with van der Waals surface area (Å²) in [5, 5.41) is 11.7. The molecule has 1 heterocycles. The molecule has 0 spiro atoms. The minimum atomic E-state index is -0.502. The molecule has 1 N–H and O–H groups in total. The van der Waals surface area contributed by atoms with Gasteiger partial charge in [-0.3, -0.25) is 4.90 Å². The molecule has 0 atom stereocenters. The number of hydrogen-bond acceptors (Lipinski definition) is 4. The minimum absolute atomic E-state index is 0.0851. The van der Waals surface area contributed by atoms with Crippen LogP contribution in [0.5, 0.6) is 0 Å². The van der Waals surface area contributed by atoms with Crippen molar-refractivity contribution >= 4 is 6.09 Å². The van der Waals surface area contributed by atoms with Crippen molar-refractivity contribution in [2.75, 3.05) is 13.1 Å². The maximum Gasteiger partial charge on any atom is 0.407 e. The van der Waals surface area contributed by atoms with Crippen molar-refractivity contribution in [1.82, 2.24) is 10.2 Å². The Balaban J connectivity index is 1.81. The van der Waals surface area contributed by atoms with E-state index in [1.807, 2.05) is 26.8 Å². The van der Waals surface area contributed by atoms with E-state index in [4.69, 9.17) is 10.00 Å². The van der Waals surface area contributed by atoms with Gasteiger partial charge in [-0.15, -0.1) is 0 Å². The van der Waals surface area contributed by atoms with E-state index in [9.17, 15) is 9.18 Å². The summed E-state index contributed by atoms with van der Waals surface area (Å²) in [6.45, 7) is 7.57. The number of ether oxygens (including phenoxy) is 1. The van der Waals surface area contributed by atoms with E-state index in [0.717, 1.165) is 25.9 Å². The second kappa shape index (κ2) is 7.63.